The second-order valence-electron chi connectivity index (χ2n) is 10.0. The molecular weight excluding hydrogens is 538 g/mol. The standard InChI is InChI=1S/C28H30ClF4N3O3/c1-39-18-2-3-24-19(14-18)26(20(29)16-35-24)21(30)4-5-28(15-25(37)38)6-9-36(10-7-28)11-8-34-17-12-22(31)27(33)23(32)13-17/h2-3,12-14,16,21,34H,4-11,15H2,1H3,(H,37,38)/t21-/m0/s1. The van der Waals surface area contributed by atoms with Crippen LogP contribution in [0.4, 0.5) is 23.2 Å². The summed E-state index contributed by atoms with van der Waals surface area (Å²) in [6, 6.07) is 6.97. The number of anilines is 1. The fourth-order valence-electron chi connectivity index (χ4n) is 5.29. The Bertz CT molecular complexity index is 1310. The molecule has 39 heavy (non-hydrogen) atoms. The van der Waals surface area contributed by atoms with Crippen LogP contribution in [0.2, 0.25) is 5.02 Å². The summed E-state index contributed by atoms with van der Waals surface area (Å²) in [5.41, 5.74) is 0.475. The number of ether oxygens (including phenoxy) is 1. The lowest BCUT2D eigenvalue weighted by molar-refractivity contribution is -0.141. The summed E-state index contributed by atoms with van der Waals surface area (Å²) in [4.78, 5) is 18.1. The predicted octanol–water partition coefficient (Wildman–Crippen LogP) is 6.77. The molecule has 1 saturated heterocycles. The van der Waals surface area contributed by atoms with Crippen molar-refractivity contribution in [2.75, 3.05) is 38.6 Å². The number of methoxy groups -OCH3 is 1. The maximum Gasteiger partial charge on any atom is 0.303 e. The fraction of sp³-hybridized carbons (Fsp3) is 0.429. The molecule has 1 fully saturated rings. The van der Waals surface area contributed by atoms with Gasteiger partial charge in [-0.05, 0) is 62.4 Å². The number of halogens is 5. The van der Waals surface area contributed by atoms with Crippen LogP contribution in [0.25, 0.3) is 10.9 Å². The van der Waals surface area contributed by atoms with Crippen molar-refractivity contribution in [2.45, 2.75) is 38.3 Å². The molecule has 2 N–H and O–H groups in total. The van der Waals surface area contributed by atoms with E-state index in [2.05, 4.69) is 15.2 Å². The van der Waals surface area contributed by atoms with Crippen molar-refractivity contribution in [3.05, 3.63) is 64.6 Å². The summed E-state index contributed by atoms with van der Waals surface area (Å²) in [6.45, 7) is 2.08. The van der Waals surface area contributed by atoms with Crippen LogP contribution in [0.3, 0.4) is 0 Å². The first-order chi connectivity index (χ1) is 18.6. The molecule has 1 aliphatic rings. The smallest absolute Gasteiger partial charge is 0.303 e. The summed E-state index contributed by atoms with van der Waals surface area (Å²) >= 11 is 6.36. The molecule has 0 amide bonds. The number of alkyl halides is 1. The van der Waals surface area contributed by atoms with Gasteiger partial charge in [0.25, 0.3) is 0 Å². The number of hydrogen-bond donors (Lipinski definition) is 2. The minimum atomic E-state index is -1.51. The molecule has 4 rings (SSSR count). The molecule has 210 valence electrons. The third kappa shape index (κ3) is 6.91. The molecule has 2 heterocycles. The van der Waals surface area contributed by atoms with Crippen molar-refractivity contribution < 1.29 is 32.2 Å². The van der Waals surface area contributed by atoms with Crippen LogP contribution in [-0.2, 0) is 4.79 Å². The Hall–Kier alpha value is -3.11. The van der Waals surface area contributed by atoms with Crippen LogP contribution in [-0.4, -0.2) is 54.2 Å². The van der Waals surface area contributed by atoms with Gasteiger partial charge in [0.1, 0.15) is 11.9 Å². The zero-order valence-corrected chi connectivity index (χ0v) is 22.2. The van der Waals surface area contributed by atoms with Gasteiger partial charge in [0, 0.05) is 48.1 Å². The number of nitrogens with one attached hydrogen (secondary N) is 1. The van der Waals surface area contributed by atoms with E-state index in [0.717, 1.165) is 12.1 Å². The molecule has 6 nitrogen and oxygen atoms in total. The molecule has 1 aliphatic heterocycles. The SMILES string of the molecule is COc1ccc2ncc(Cl)c([C@@H](F)CCC3(CC(=O)O)CCN(CCNc4cc(F)c(F)c(F)c4)CC3)c2c1. The van der Waals surface area contributed by atoms with Gasteiger partial charge in [-0.3, -0.25) is 9.78 Å². The molecule has 0 bridgehead atoms. The van der Waals surface area contributed by atoms with Gasteiger partial charge in [0.15, 0.2) is 17.5 Å². The molecule has 0 spiro atoms. The molecule has 11 heteroatoms. The quantitative estimate of drug-likeness (QED) is 0.197. The van der Waals surface area contributed by atoms with Crippen LogP contribution in [0.1, 0.15) is 43.8 Å². The maximum atomic E-state index is 15.7. The number of carboxylic acids is 1. The summed E-state index contributed by atoms with van der Waals surface area (Å²) in [7, 11) is 1.52. The van der Waals surface area contributed by atoms with E-state index in [1.165, 1.54) is 13.3 Å². The van der Waals surface area contributed by atoms with Crippen molar-refractivity contribution >= 4 is 34.2 Å². The topological polar surface area (TPSA) is 74.7 Å². The average Bonchev–Trinajstić information content (AvgIpc) is 2.90. The number of aliphatic carboxylic acids is 1. The van der Waals surface area contributed by atoms with Crippen LogP contribution in [0, 0.1) is 22.9 Å². The molecule has 0 unspecified atom stereocenters. The van der Waals surface area contributed by atoms with Gasteiger partial charge in [-0.1, -0.05) is 11.6 Å². The number of pyridine rings is 1. The first kappa shape index (κ1) is 28.9. The lowest BCUT2D eigenvalue weighted by Gasteiger charge is -2.41. The number of hydrogen-bond acceptors (Lipinski definition) is 5. The van der Waals surface area contributed by atoms with Gasteiger partial charge < -0.3 is 20.1 Å². The molecule has 0 aliphatic carbocycles. The van der Waals surface area contributed by atoms with Crippen LogP contribution < -0.4 is 10.1 Å². The number of piperidine rings is 1. The van der Waals surface area contributed by atoms with E-state index in [4.69, 9.17) is 16.3 Å². The van der Waals surface area contributed by atoms with E-state index in [0.29, 0.717) is 67.7 Å². The highest BCUT2D eigenvalue weighted by Crippen LogP contribution is 2.44. The van der Waals surface area contributed by atoms with E-state index < -0.39 is 35.0 Å². The highest BCUT2D eigenvalue weighted by molar-refractivity contribution is 6.32. The molecule has 2 aromatic carbocycles. The highest BCUT2D eigenvalue weighted by Gasteiger charge is 2.37. The Morgan fingerprint density at radius 2 is 1.90 bits per heavy atom. The maximum absolute atomic E-state index is 15.7. The minimum absolute atomic E-state index is 0.0708. The van der Waals surface area contributed by atoms with Gasteiger partial charge in [-0.15, -0.1) is 0 Å². The molecule has 0 saturated carbocycles. The molecule has 1 aromatic heterocycles. The van der Waals surface area contributed by atoms with Crippen molar-refractivity contribution in [3.8, 4) is 5.75 Å². The Morgan fingerprint density at radius 3 is 2.54 bits per heavy atom. The molecular formula is C28H30ClF4N3O3. The number of likely N-dealkylation sites (tertiary alicyclic amines) is 1. The van der Waals surface area contributed by atoms with E-state index in [-0.39, 0.29) is 23.6 Å². The van der Waals surface area contributed by atoms with E-state index in [1.54, 1.807) is 18.2 Å². The van der Waals surface area contributed by atoms with E-state index in [9.17, 15) is 23.1 Å². The van der Waals surface area contributed by atoms with Gasteiger partial charge in [0.05, 0.1) is 24.1 Å². The lowest BCUT2D eigenvalue weighted by Crippen LogP contribution is -2.43. The number of fused-ring (bicyclic) bond motifs is 1. The van der Waals surface area contributed by atoms with Gasteiger partial charge in [0.2, 0.25) is 0 Å². The Kier molecular flexibility index (Phi) is 9.17. The number of rotatable bonds is 11. The second kappa shape index (κ2) is 12.4. The first-order valence-corrected chi connectivity index (χ1v) is 13.1. The summed E-state index contributed by atoms with van der Waals surface area (Å²) in [5, 5.41) is 13.3. The number of carboxylic acid groups (broad SMARTS) is 1. The van der Waals surface area contributed by atoms with Crippen LogP contribution >= 0.6 is 11.6 Å². The summed E-state index contributed by atoms with van der Waals surface area (Å²) in [6.07, 6.45) is 1.52. The second-order valence-corrected chi connectivity index (χ2v) is 10.4. The van der Waals surface area contributed by atoms with Crippen LogP contribution in [0.5, 0.6) is 5.75 Å². The third-order valence-corrected chi connectivity index (χ3v) is 7.79. The Labute approximate surface area is 228 Å². The Morgan fingerprint density at radius 1 is 1.21 bits per heavy atom. The van der Waals surface area contributed by atoms with E-state index >= 15 is 4.39 Å². The minimum Gasteiger partial charge on any atom is -0.497 e. The number of nitrogens with zero attached hydrogens (tertiary/aromatic N) is 2. The molecule has 3 aromatic rings. The van der Waals surface area contributed by atoms with Crippen molar-refractivity contribution in [2.24, 2.45) is 5.41 Å². The number of aromatic nitrogens is 1. The van der Waals surface area contributed by atoms with Gasteiger partial charge >= 0.3 is 5.97 Å². The fourth-order valence-corrected chi connectivity index (χ4v) is 5.56. The summed E-state index contributed by atoms with van der Waals surface area (Å²) < 4.78 is 61.0. The largest absolute Gasteiger partial charge is 0.497 e. The number of benzene rings is 2. The first-order valence-electron chi connectivity index (χ1n) is 12.7. The monoisotopic (exact) mass is 567 g/mol. The van der Waals surface area contributed by atoms with Crippen LogP contribution in [0.15, 0.2) is 36.5 Å². The predicted molar refractivity (Wildman–Crippen MR) is 142 cm³/mol. The van der Waals surface area contributed by atoms with E-state index in [1.807, 2.05) is 0 Å². The Balaban J connectivity index is 1.38. The highest BCUT2D eigenvalue weighted by atomic mass is 35.5. The average molecular weight is 568 g/mol. The zero-order chi connectivity index (χ0) is 28.2. The molecule has 0 radical (unpaired) electrons. The van der Waals surface area contributed by atoms with Crippen molar-refractivity contribution in [1.82, 2.24) is 9.88 Å². The number of carbonyl (C=O) groups is 1. The molecule has 1 atom stereocenters. The van der Waals surface area contributed by atoms with Gasteiger partial charge in [-0.2, -0.15) is 0 Å². The lowest BCUT2D eigenvalue weighted by atomic mass is 9.71. The third-order valence-electron chi connectivity index (χ3n) is 7.49. The van der Waals surface area contributed by atoms with Crippen molar-refractivity contribution in [1.29, 1.82) is 0 Å². The van der Waals surface area contributed by atoms with Crippen molar-refractivity contribution in [3.63, 3.8) is 0 Å². The van der Waals surface area contributed by atoms with Gasteiger partial charge in [-0.25, -0.2) is 17.6 Å². The zero-order valence-electron chi connectivity index (χ0n) is 21.5. The normalized spacial score (nSPS) is 16.3. The summed E-state index contributed by atoms with van der Waals surface area (Å²) in [5.74, 6) is -4.42.